The van der Waals surface area contributed by atoms with Crippen LogP contribution in [0.1, 0.15) is 44.7 Å². The summed E-state index contributed by atoms with van der Waals surface area (Å²) >= 11 is 1.72. The second-order valence-electron chi connectivity index (χ2n) is 7.09. The lowest BCUT2D eigenvalue weighted by Gasteiger charge is -2.24. The van der Waals surface area contributed by atoms with Gasteiger partial charge in [0.05, 0.1) is 0 Å². The fourth-order valence-corrected chi connectivity index (χ4v) is 4.87. The first-order valence-electron chi connectivity index (χ1n) is 10.1. The Labute approximate surface area is 175 Å². The molecule has 0 unspecified atom stereocenters. The van der Waals surface area contributed by atoms with Crippen LogP contribution in [0.15, 0.2) is 35.9 Å². The van der Waals surface area contributed by atoms with Gasteiger partial charge in [-0.2, -0.15) is 5.26 Å². The number of carboxylic acids is 1. The number of unbranched alkanes of at least 4 members (excludes halogenated alkanes) is 1. The molecule has 0 atom stereocenters. The van der Waals surface area contributed by atoms with Gasteiger partial charge in [0, 0.05) is 38.9 Å². The minimum Gasteiger partial charge on any atom is -0.477 e. The largest absolute Gasteiger partial charge is 0.477 e. The average molecular weight is 407 g/mol. The van der Waals surface area contributed by atoms with Gasteiger partial charge < -0.3 is 10.0 Å². The van der Waals surface area contributed by atoms with E-state index in [0.717, 1.165) is 29.8 Å². The fourth-order valence-electron chi connectivity index (χ4n) is 3.70. The maximum absolute atomic E-state index is 11.1. The van der Waals surface area contributed by atoms with Crippen molar-refractivity contribution in [3.63, 3.8) is 0 Å². The van der Waals surface area contributed by atoms with Gasteiger partial charge in [-0.3, -0.25) is 0 Å². The molecule has 0 amide bonds. The molecule has 1 heterocycles. The van der Waals surface area contributed by atoms with E-state index < -0.39 is 5.97 Å². The van der Waals surface area contributed by atoms with Crippen LogP contribution in [-0.2, 0) is 11.2 Å². The van der Waals surface area contributed by atoms with E-state index in [1.54, 1.807) is 17.4 Å². The van der Waals surface area contributed by atoms with Crippen LogP contribution < -0.4 is 4.90 Å². The van der Waals surface area contributed by atoms with Crippen LogP contribution in [0.3, 0.4) is 0 Å². The Bertz CT molecular complexity index is 1120. The molecule has 2 aromatic carbocycles. The topological polar surface area (TPSA) is 64.3 Å². The van der Waals surface area contributed by atoms with Gasteiger partial charge in [-0.05, 0) is 62.1 Å². The molecule has 0 aliphatic heterocycles. The van der Waals surface area contributed by atoms with E-state index >= 15 is 0 Å². The number of nitriles is 1. The third kappa shape index (κ3) is 4.28. The molecule has 0 aliphatic rings. The van der Waals surface area contributed by atoms with Crippen LogP contribution in [0.4, 0.5) is 5.69 Å². The van der Waals surface area contributed by atoms with Crippen molar-refractivity contribution >= 4 is 49.2 Å². The number of aliphatic carboxylic acids is 1. The van der Waals surface area contributed by atoms with Crippen molar-refractivity contribution in [2.45, 2.75) is 40.0 Å². The minimum absolute atomic E-state index is 0.254. The summed E-state index contributed by atoms with van der Waals surface area (Å²) < 4.78 is 2.34. The highest BCUT2D eigenvalue weighted by Crippen LogP contribution is 2.39. The van der Waals surface area contributed by atoms with Crippen molar-refractivity contribution in [2.24, 2.45) is 0 Å². The first kappa shape index (κ1) is 20.9. The number of anilines is 1. The summed E-state index contributed by atoms with van der Waals surface area (Å²) in [5, 5.41) is 20.5. The summed E-state index contributed by atoms with van der Waals surface area (Å²) in [4.78, 5) is 13.5. The molecule has 0 fully saturated rings. The monoisotopic (exact) mass is 406 g/mol. The van der Waals surface area contributed by atoms with Crippen molar-refractivity contribution in [2.75, 3.05) is 18.0 Å². The number of aryl methyl sites for hydroxylation is 1. The molecule has 1 aromatic heterocycles. The van der Waals surface area contributed by atoms with Crippen LogP contribution in [0.25, 0.3) is 26.2 Å². The van der Waals surface area contributed by atoms with Crippen molar-refractivity contribution in [3.05, 3.63) is 47.0 Å². The summed E-state index contributed by atoms with van der Waals surface area (Å²) in [6.45, 7) is 8.56. The zero-order valence-corrected chi connectivity index (χ0v) is 18.0. The number of hydrogen-bond donors (Lipinski definition) is 1. The zero-order valence-electron chi connectivity index (χ0n) is 17.2. The Morgan fingerprint density at radius 3 is 2.48 bits per heavy atom. The van der Waals surface area contributed by atoms with Crippen molar-refractivity contribution in [1.82, 2.24) is 0 Å². The molecule has 150 valence electrons. The minimum atomic E-state index is -1.20. The molecule has 0 spiro atoms. The molecular formula is C24H26N2O2S. The van der Waals surface area contributed by atoms with Crippen molar-refractivity contribution in [1.29, 1.82) is 5.26 Å². The Morgan fingerprint density at radius 2 is 1.86 bits per heavy atom. The third-order valence-electron chi connectivity index (χ3n) is 5.26. The number of fused-ring (bicyclic) bond motifs is 3. The van der Waals surface area contributed by atoms with Gasteiger partial charge >= 0.3 is 5.97 Å². The summed E-state index contributed by atoms with van der Waals surface area (Å²) in [6.07, 6.45) is 4.84. The SMILES string of the molecule is CCCCc1cc2c(cc1N(CC)CC)sc1cc(/C=C(\C#N)C(=O)O)ccc12. The second-order valence-corrected chi connectivity index (χ2v) is 8.17. The Hall–Kier alpha value is -2.84. The zero-order chi connectivity index (χ0) is 21.0. The molecule has 5 heteroatoms. The van der Waals surface area contributed by atoms with Crippen molar-refractivity contribution in [3.8, 4) is 6.07 Å². The van der Waals surface area contributed by atoms with E-state index in [0.29, 0.717) is 0 Å². The average Bonchev–Trinajstić information content (AvgIpc) is 3.07. The number of carbonyl (C=O) groups is 1. The molecule has 0 aliphatic carbocycles. The van der Waals surface area contributed by atoms with Gasteiger partial charge in [0.25, 0.3) is 0 Å². The van der Waals surface area contributed by atoms with Crippen LogP contribution in [0, 0.1) is 11.3 Å². The molecule has 0 saturated heterocycles. The summed E-state index contributed by atoms with van der Waals surface area (Å²) in [5.41, 5.74) is 3.19. The predicted octanol–water partition coefficient (Wildman–Crippen LogP) is 6.23. The van der Waals surface area contributed by atoms with E-state index in [1.807, 2.05) is 18.2 Å². The van der Waals surface area contributed by atoms with E-state index in [1.165, 1.54) is 45.6 Å². The van der Waals surface area contributed by atoms with E-state index in [2.05, 4.69) is 37.8 Å². The first-order valence-corrected chi connectivity index (χ1v) is 10.9. The molecule has 0 saturated carbocycles. The number of benzene rings is 2. The summed E-state index contributed by atoms with van der Waals surface area (Å²) in [5.74, 6) is -1.20. The maximum Gasteiger partial charge on any atom is 0.346 e. The normalized spacial score (nSPS) is 11.7. The Balaban J connectivity index is 2.16. The van der Waals surface area contributed by atoms with Crippen LogP contribution >= 0.6 is 11.3 Å². The molecule has 0 radical (unpaired) electrons. The van der Waals surface area contributed by atoms with E-state index in [4.69, 9.17) is 10.4 Å². The highest BCUT2D eigenvalue weighted by molar-refractivity contribution is 7.25. The highest BCUT2D eigenvalue weighted by atomic mass is 32.1. The molecule has 3 rings (SSSR count). The Kier molecular flexibility index (Phi) is 6.56. The molecule has 3 aromatic rings. The van der Waals surface area contributed by atoms with Crippen LogP contribution in [0.5, 0.6) is 0 Å². The number of carboxylic acid groups (broad SMARTS) is 1. The number of rotatable bonds is 8. The molecule has 0 bridgehead atoms. The summed E-state index contributed by atoms with van der Waals surface area (Å²) in [7, 11) is 0. The maximum atomic E-state index is 11.1. The summed E-state index contributed by atoms with van der Waals surface area (Å²) in [6, 6.07) is 12.3. The van der Waals surface area contributed by atoms with Gasteiger partial charge in [0.15, 0.2) is 0 Å². The van der Waals surface area contributed by atoms with E-state index in [-0.39, 0.29) is 5.57 Å². The number of hydrogen-bond acceptors (Lipinski definition) is 4. The third-order valence-corrected chi connectivity index (χ3v) is 6.38. The number of nitrogens with zero attached hydrogens (tertiary/aromatic N) is 2. The van der Waals surface area contributed by atoms with Crippen molar-refractivity contribution < 1.29 is 9.90 Å². The number of thiophene rings is 1. The lowest BCUT2D eigenvalue weighted by atomic mass is 10.0. The molecule has 29 heavy (non-hydrogen) atoms. The van der Waals surface area contributed by atoms with Gasteiger partial charge in [0.1, 0.15) is 11.6 Å². The molecular weight excluding hydrogens is 380 g/mol. The van der Waals surface area contributed by atoms with Crippen LogP contribution in [0.2, 0.25) is 0 Å². The smallest absolute Gasteiger partial charge is 0.346 e. The standard InChI is InChI=1S/C24H26N2O2S/c1-4-7-8-17-13-20-19-10-9-16(11-18(15-25)24(27)28)12-22(19)29-23(20)14-21(17)26(5-2)6-3/h9-14H,4-8H2,1-3H3,(H,27,28)/b18-11+. The quantitative estimate of drug-likeness (QED) is 0.355. The Morgan fingerprint density at radius 1 is 1.14 bits per heavy atom. The first-order chi connectivity index (χ1) is 14.0. The second kappa shape index (κ2) is 9.11. The molecule has 1 N–H and O–H groups in total. The lowest BCUT2D eigenvalue weighted by Crippen LogP contribution is -2.23. The fraction of sp³-hybridized carbons (Fsp3) is 0.333. The molecule has 4 nitrogen and oxygen atoms in total. The van der Waals surface area contributed by atoms with Gasteiger partial charge in [0.2, 0.25) is 0 Å². The van der Waals surface area contributed by atoms with Crippen LogP contribution in [-0.4, -0.2) is 24.2 Å². The van der Waals surface area contributed by atoms with Gasteiger partial charge in [-0.15, -0.1) is 11.3 Å². The van der Waals surface area contributed by atoms with Gasteiger partial charge in [-0.1, -0.05) is 25.5 Å². The lowest BCUT2D eigenvalue weighted by molar-refractivity contribution is -0.132. The van der Waals surface area contributed by atoms with E-state index in [9.17, 15) is 4.79 Å². The predicted molar refractivity (Wildman–Crippen MR) is 123 cm³/mol. The van der Waals surface area contributed by atoms with Gasteiger partial charge in [-0.25, -0.2) is 4.79 Å². The highest BCUT2D eigenvalue weighted by Gasteiger charge is 2.14.